The number of benzene rings is 1. The first-order valence-electron chi connectivity index (χ1n) is 8.12. The van der Waals surface area contributed by atoms with Crippen LogP contribution >= 0.6 is 0 Å². The Morgan fingerprint density at radius 3 is 2.27 bits per heavy atom. The van der Waals surface area contributed by atoms with Gasteiger partial charge in [-0.3, -0.25) is 4.79 Å². The van der Waals surface area contributed by atoms with Crippen LogP contribution in [-0.2, 0) is 6.42 Å². The normalized spacial score (nSPS) is 12.3. The van der Waals surface area contributed by atoms with E-state index in [0.717, 1.165) is 17.7 Å². The van der Waals surface area contributed by atoms with E-state index >= 15 is 0 Å². The third kappa shape index (κ3) is 3.91. The summed E-state index contributed by atoms with van der Waals surface area (Å²) >= 11 is 0. The summed E-state index contributed by atoms with van der Waals surface area (Å²) in [5, 5.41) is 10.6. The lowest BCUT2D eigenvalue weighted by Crippen LogP contribution is -2.44. The highest BCUT2D eigenvalue weighted by molar-refractivity contribution is 6.74. The molecule has 4 heteroatoms. The molecule has 0 aromatic heterocycles. The second kappa shape index (κ2) is 6.86. The molecule has 0 aliphatic carbocycles. The molecule has 22 heavy (non-hydrogen) atoms. The molecule has 0 fully saturated rings. The molecule has 1 rings (SSSR count). The number of phenolic OH excluding ortho intramolecular Hbond substituents is 1. The molecule has 124 valence electrons. The van der Waals surface area contributed by atoms with Crippen molar-refractivity contribution < 1.29 is 14.3 Å². The van der Waals surface area contributed by atoms with E-state index in [1.54, 1.807) is 13.0 Å². The topological polar surface area (TPSA) is 46.5 Å². The number of carbonyl (C=O) groups excluding carboxylic acids is 1. The molecular formula is C18H30O3Si. The van der Waals surface area contributed by atoms with Gasteiger partial charge in [0, 0.05) is 12.0 Å². The number of ketones is 1. The zero-order valence-electron chi connectivity index (χ0n) is 15.0. The first-order valence-corrected chi connectivity index (χ1v) is 11.0. The van der Waals surface area contributed by atoms with Crippen molar-refractivity contribution in [3.05, 3.63) is 23.3 Å². The highest BCUT2D eigenvalue weighted by Gasteiger charge is 2.39. The molecule has 0 aliphatic rings. The SMILES string of the molecule is CCCc1c(O[Si](C)(C)C(C)(C)C)ccc(C(=O)CC)c1O. The summed E-state index contributed by atoms with van der Waals surface area (Å²) in [6.07, 6.45) is 1.99. The molecule has 0 saturated heterocycles. The number of hydrogen-bond donors (Lipinski definition) is 1. The van der Waals surface area contributed by atoms with Crippen LogP contribution in [0.3, 0.4) is 0 Å². The van der Waals surface area contributed by atoms with Crippen molar-refractivity contribution in [1.82, 2.24) is 0 Å². The van der Waals surface area contributed by atoms with E-state index in [4.69, 9.17) is 4.43 Å². The van der Waals surface area contributed by atoms with Crippen molar-refractivity contribution in [3.8, 4) is 11.5 Å². The van der Waals surface area contributed by atoms with Gasteiger partial charge in [0.05, 0.1) is 5.56 Å². The number of carbonyl (C=O) groups is 1. The summed E-state index contributed by atoms with van der Waals surface area (Å²) in [4.78, 5) is 12.0. The molecule has 0 heterocycles. The number of rotatable bonds is 6. The second-order valence-electron chi connectivity index (χ2n) is 7.33. The number of phenols is 1. The number of aromatic hydroxyl groups is 1. The Labute approximate surface area is 135 Å². The van der Waals surface area contributed by atoms with Crippen LogP contribution in [-0.4, -0.2) is 19.2 Å². The maximum atomic E-state index is 12.0. The summed E-state index contributed by atoms with van der Waals surface area (Å²) in [6.45, 7) is 14.8. The fourth-order valence-corrected chi connectivity index (χ4v) is 3.10. The lowest BCUT2D eigenvalue weighted by Gasteiger charge is -2.37. The van der Waals surface area contributed by atoms with Gasteiger partial charge in [-0.1, -0.05) is 41.0 Å². The molecular weight excluding hydrogens is 292 g/mol. The fraction of sp³-hybridized carbons (Fsp3) is 0.611. The lowest BCUT2D eigenvalue weighted by atomic mass is 10.00. The Bertz CT molecular complexity index is 542. The molecule has 0 atom stereocenters. The van der Waals surface area contributed by atoms with Crippen molar-refractivity contribution in [2.24, 2.45) is 0 Å². The summed E-state index contributed by atoms with van der Waals surface area (Å²) in [5.74, 6) is 0.803. The minimum atomic E-state index is -1.98. The molecule has 0 bridgehead atoms. The van der Waals surface area contributed by atoms with Crippen molar-refractivity contribution in [2.45, 2.75) is 72.0 Å². The largest absolute Gasteiger partial charge is 0.543 e. The first kappa shape index (κ1) is 18.8. The van der Waals surface area contributed by atoms with Crippen LogP contribution in [0.15, 0.2) is 12.1 Å². The Balaban J connectivity index is 3.32. The standard InChI is InChI=1S/C18H30O3Si/c1-8-10-14-16(21-22(6,7)18(3,4)5)12-11-13(17(14)20)15(19)9-2/h11-12,20H,8-10H2,1-7H3. The molecule has 0 unspecified atom stereocenters. The van der Waals surface area contributed by atoms with Crippen LogP contribution in [0.5, 0.6) is 11.5 Å². The fourth-order valence-electron chi connectivity index (χ4n) is 2.05. The zero-order chi connectivity index (χ0) is 17.1. The average Bonchev–Trinajstić information content (AvgIpc) is 2.40. The van der Waals surface area contributed by atoms with Crippen LogP contribution in [0.1, 0.15) is 63.4 Å². The average molecular weight is 323 g/mol. The molecule has 0 spiro atoms. The Morgan fingerprint density at radius 1 is 1.23 bits per heavy atom. The van der Waals surface area contributed by atoms with Gasteiger partial charge in [-0.2, -0.15) is 0 Å². The van der Waals surface area contributed by atoms with E-state index in [0.29, 0.717) is 18.4 Å². The highest BCUT2D eigenvalue weighted by atomic mass is 28.4. The van der Waals surface area contributed by atoms with Crippen LogP contribution in [0, 0.1) is 0 Å². The van der Waals surface area contributed by atoms with Crippen molar-refractivity contribution in [2.75, 3.05) is 0 Å². The van der Waals surface area contributed by atoms with Gasteiger partial charge in [-0.15, -0.1) is 0 Å². The lowest BCUT2D eigenvalue weighted by molar-refractivity contribution is 0.0985. The van der Waals surface area contributed by atoms with Gasteiger partial charge in [0.25, 0.3) is 0 Å². The van der Waals surface area contributed by atoms with Crippen molar-refractivity contribution >= 4 is 14.1 Å². The molecule has 1 aromatic rings. The van der Waals surface area contributed by atoms with Gasteiger partial charge in [0.2, 0.25) is 8.32 Å². The molecule has 0 saturated carbocycles. The Morgan fingerprint density at radius 2 is 1.82 bits per heavy atom. The van der Waals surface area contributed by atoms with Gasteiger partial charge in [-0.25, -0.2) is 0 Å². The minimum absolute atomic E-state index is 0.0336. The molecule has 0 aliphatic heterocycles. The third-order valence-corrected chi connectivity index (χ3v) is 8.88. The van der Waals surface area contributed by atoms with Gasteiger partial charge in [-0.05, 0) is 36.7 Å². The molecule has 3 nitrogen and oxygen atoms in total. The monoisotopic (exact) mass is 322 g/mol. The molecule has 1 N–H and O–H groups in total. The zero-order valence-corrected chi connectivity index (χ0v) is 16.0. The van der Waals surface area contributed by atoms with Gasteiger partial charge >= 0.3 is 0 Å². The second-order valence-corrected chi connectivity index (χ2v) is 12.1. The third-order valence-electron chi connectivity index (χ3n) is 4.53. The number of Topliss-reactive ketones (excluding diaryl/α,β-unsaturated/α-hetero) is 1. The molecule has 0 radical (unpaired) electrons. The summed E-state index contributed by atoms with van der Waals surface area (Å²) in [6, 6.07) is 3.55. The predicted octanol–water partition coefficient (Wildman–Crippen LogP) is 5.32. The maximum Gasteiger partial charge on any atom is 0.250 e. The van der Waals surface area contributed by atoms with Crippen molar-refractivity contribution in [3.63, 3.8) is 0 Å². The summed E-state index contributed by atoms with van der Waals surface area (Å²) in [7, 11) is -1.98. The maximum absolute atomic E-state index is 12.0. The quantitative estimate of drug-likeness (QED) is 0.569. The van der Waals surface area contributed by atoms with Crippen LogP contribution < -0.4 is 4.43 Å². The van der Waals surface area contributed by atoms with E-state index in [2.05, 4.69) is 40.8 Å². The van der Waals surface area contributed by atoms with Crippen LogP contribution in [0.2, 0.25) is 18.1 Å². The van der Waals surface area contributed by atoms with Gasteiger partial charge < -0.3 is 9.53 Å². The van der Waals surface area contributed by atoms with E-state index in [1.165, 1.54) is 0 Å². The highest BCUT2D eigenvalue weighted by Crippen LogP contribution is 2.41. The predicted molar refractivity (Wildman–Crippen MR) is 94.5 cm³/mol. The van der Waals surface area contributed by atoms with Gasteiger partial charge in [0.1, 0.15) is 11.5 Å². The minimum Gasteiger partial charge on any atom is -0.543 e. The van der Waals surface area contributed by atoms with Crippen LogP contribution in [0.4, 0.5) is 0 Å². The van der Waals surface area contributed by atoms with E-state index in [1.807, 2.05) is 6.07 Å². The Kier molecular flexibility index (Phi) is 5.85. The first-order chi connectivity index (χ1) is 10.0. The van der Waals surface area contributed by atoms with Crippen LogP contribution in [0.25, 0.3) is 0 Å². The molecule has 0 amide bonds. The van der Waals surface area contributed by atoms with E-state index in [9.17, 15) is 9.90 Å². The van der Waals surface area contributed by atoms with E-state index in [-0.39, 0.29) is 16.6 Å². The smallest absolute Gasteiger partial charge is 0.250 e. The summed E-state index contributed by atoms with van der Waals surface area (Å²) in [5.41, 5.74) is 1.18. The van der Waals surface area contributed by atoms with E-state index < -0.39 is 8.32 Å². The Hall–Kier alpha value is -1.29. The van der Waals surface area contributed by atoms with Gasteiger partial charge in [0.15, 0.2) is 5.78 Å². The van der Waals surface area contributed by atoms with Crippen molar-refractivity contribution in [1.29, 1.82) is 0 Å². The summed E-state index contributed by atoms with van der Waals surface area (Å²) < 4.78 is 6.37. The number of hydrogen-bond acceptors (Lipinski definition) is 3. The molecule has 1 aromatic carbocycles.